The minimum Gasteiger partial charge on any atom is -0.306 e. The van der Waals surface area contributed by atoms with Crippen LogP contribution in [-0.2, 0) is 10.0 Å². The summed E-state index contributed by atoms with van der Waals surface area (Å²) in [5.41, 5.74) is 0. The maximum atomic E-state index is 13.4. The first-order chi connectivity index (χ1) is 9.73. The summed E-state index contributed by atoms with van der Waals surface area (Å²) in [6.45, 7) is 3.70. The van der Waals surface area contributed by atoms with Gasteiger partial charge in [-0.25, -0.2) is 12.8 Å². The van der Waals surface area contributed by atoms with E-state index in [0.29, 0.717) is 0 Å². The molecule has 2 rings (SSSR count). The Hall–Kier alpha value is -0.690. The van der Waals surface area contributed by atoms with Crippen molar-refractivity contribution in [2.24, 2.45) is 5.92 Å². The molecule has 1 heterocycles. The fraction of sp³-hybridized carbons (Fsp3) is 0.571. The molecule has 1 aromatic rings. The van der Waals surface area contributed by atoms with Crippen LogP contribution in [0.4, 0.5) is 4.39 Å². The Morgan fingerprint density at radius 3 is 2.71 bits per heavy atom. The molecule has 7 heteroatoms. The Kier molecular flexibility index (Phi) is 4.92. The first-order valence-corrected chi connectivity index (χ1v) is 8.67. The van der Waals surface area contributed by atoms with Crippen LogP contribution in [0.25, 0.3) is 0 Å². The summed E-state index contributed by atoms with van der Waals surface area (Å²) in [5, 5.41) is 0.0452. The second-order valence-electron chi connectivity index (χ2n) is 5.69. The maximum absolute atomic E-state index is 13.4. The number of halogens is 2. The fourth-order valence-corrected chi connectivity index (χ4v) is 4.86. The average molecular weight is 335 g/mol. The smallest absolute Gasteiger partial charge is 0.244 e. The second-order valence-corrected chi connectivity index (χ2v) is 8.06. The van der Waals surface area contributed by atoms with Crippen molar-refractivity contribution in [2.75, 3.05) is 27.2 Å². The highest BCUT2D eigenvalue weighted by molar-refractivity contribution is 7.89. The van der Waals surface area contributed by atoms with E-state index in [1.165, 1.54) is 10.4 Å². The molecule has 0 aromatic heterocycles. The zero-order chi connectivity index (χ0) is 15.8. The van der Waals surface area contributed by atoms with Crippen molar-refractivity contribution in [3.05, 3.63) is 29.0 Å². The van der Waals surface area contributed by atoms with Gasteiger partial charge in [0, 0.05) is 19.6 Å². The number of piperidine rings is 1. The van der Waals surface area contributed by atoms with Gasteiger partial charge < -0.3 is 4.90 Å². The molecule has 1 aliphatic rings. The van der Waals surface area contributed by atoms with Crippen molar-refractivity contribution in [2.45, 2.75) is 24.3 Å². The number of likely N-dealkylation sites (tertiary alicyclic amines) is 1. The second kappa shape index (κ2) is 6.20. The van der Waals surface area contributed by atoms with E-state index >= 15 is 0 Å². The number of sulfonamides is 1. The standard InChI is InChI=1S/C14H20ClFN2O2S/c1-10-9-17(2)7-6-13(10)18(3)21(19,20)14-8-11(16)4-5-12(14)15/h4-5,8,10,13H,6-7,9H2,1-3H3/t10-,13+/m0/s1. The van der Waals surface area contributed by atoms with Gasteiger partial charge in [0.1, 0.15) is 10.7 Å². The van der Waals surface area contributed by atoms with Gasteiger partial charge in [0.25, 0.3) is 0 Å². The van der Waals surface area contributed by atoms with E-state index < -0.39 is 15.8 Å². The monoisotopic (exact) mass is 334 g/mol. The van der Waals surface area contributed by atoms with Crippen LogP contribution in [0.5, 0.6) is 0 Å². The molecular formula is C14H20ClFN2O2S. The molecule has 0 aliphatic carbocycles. The van der Waals surface area contributed by atoms with Crippen LogP contribution in [-0.4, -0.2) is 50.8 Å². The third-order valence-electron chi connectivity index (χ3n) is 4.08. The number of hydrogen-bond acceptors (Lipinski definition) is 3. The van der Waals surface area contributed by atoms with E-state index in [2.05, 4.69) is 4.90 Å². The summed E-state index contributed by atoms with van der Waals surface area (Å²) >= 11 is 5.94. The minimum absolute atomic E-state index is 0.0452. The molecule has 0 N–H and O–H groups in total. The van der Waals surface area contributed by atoms with Gasteiger partial charge in [0.05, 0.1) is 5.02 Å². The van der Waals surface area contributed by atoms with Crippen molar-refractivity contribution in [3.8, 4) is 0 Å². The Labute approximate surface area is 130 Å². The highest BCUT2D eigenvalue weighted by Crippen LogP contribution is 2.29. The molecule has 0 amide bonds. The lowest BCUT2D eigenvalue weighted by Gasteiger charge is -2.39. The molecule has 0 radical (unpaired) electrons. The lowest BCUT2D eigenvalue weighted by Crippen LogP contribution is -2.49. The summed E-state index contributed by atoms with van der Waals surface area (Å²) in [5.74, 6) is -0.404. The van der Waals surface area contributed by atoms with E-state index in [1.54, 1.807) is 7.05 Å². The molecule has 2 atom stereocenters. The van der Waals surface area contributed by atoms with E-state index in [9.17, 15) is 12.8 Å². The van der Waals surface area contributed by atoms with Crippen LogP contribution < -0.4 is 0 Å². The minimum atomic E-state index is -3.80. The molecule has 1 saturated heterocycles. The summed E-state index contributed by atoms with van der Waals surface area (Å²) in [6.07, 6.45) is 0.750. The topological polar surface area (TPSA) is 40.6 Å². The summed E-state index contributed by atoms with van der Waals surface area (Å²) in [6, 6.07) is 3.30. The zero-order valence-electron chi connectivity index (χ0n) is 12.4. The predicted octanol–water partition coefficient (Wildman–Crippen LogP) is 2.44. The zero-order valence-corrected chi connectivity index (χ0v) is 14.0. The molecule has 1 fully saturated rings. The third kappa shape index (κ3) is 3.39. The molecule has 21 heavy (non-hydrogen) atoms. The van der Waals surface area contributed by atoms with E-state index in [-0.39, 0.29) is 21.9 Å². The van der Waals surface area contributed by atoms with Crippen molar-refractivity contribution in [3.63, 3.8) is 0 Å². The average Bonchev–Trinajstić information content (AvgIpc) is 2.40. The van der Waals surface area contributed by atoms with Crippen molar-refractivity contribution in [1.29, 1.82) is 0 Å². The van der Waals surface area contributed by atoms with Crippen molar-refractivity contribution >= 4 is 21.6 Å². The Balaban J connectivity index is 2.32. The van der Waals surface area contributed by atoms with Gasteiger partial charge in [-0.15, -0.1) is 0 Å². The first kappa shape index (κ1) is 16.7. The largest absolute Gasteiger partial charge is 0.306 e. The number of rotatable bonds is 3. The van der Waals surface area contributed by atoms with E-state index in [0.717, 1.165) is 31.6 Å². The Morgan fingerprint density at radius 2 is 2.10 bits per heavy atom. The number of nitrogens with zero attached hydrogens (tertiary/aromatic N) is 2. The SMILES string of the molecule is C[C@H]1CN(C)CC[C@H]1N(C)S(=O)(=O)c1cc(F)ccc1Cl. The van der Waals surface area contributed by atoms with Gasteiger partial charge in [-0.2, -0.15) is 4.31 Å². The lowest BCUT2D eigenvalue weighted by atomic mass is 9.94. The third-order valence-corrected chi connectivity index (χ3v) is 6.44. The molecular weight excluding hydrogens is 315 g/mol. The molecule has 0 bridgehead atoms. The summed E-state index contributed by atoms with van der Waals surface area (Å²) in [7, 11) is -0.236. The van der Waals surface area contributed by atoms with E-state index in [1.807, 2.05) is 14.0 Å². The van der Waals surface area contributed by atoms with Crippen LogP contribution in [0.1, 0.15) is 13.3 Å². The Morgan fingerprint density at radius 1 is 1.43 bits per heavy atom. The number of benzene rings is 1. The predicted molar refractivity (Wildman–Crippen MR) is 81.4 cm³/mol. The summed E-state index contributed by atoms with van der Waals surface area (Å²) in [4.78, 5) is 2.01. The Bertz CT molecular complexity index is 623. The van der Waals surface area contributed by atoms with Crippen molar-refractivity contribution < 1.29 is 12.8 Å². The lowest BCUT2D eigenvalue weighted by molar-refractivity contribution is 0.139. The van der Waals surface area contributed by atoms with Gasteiger partial charge in [0.15, 0.2) is 0 Å². The number of hydrogen-bond donors (Lipinski definition) is 0. The first-order valence-electron chi connectivity index (χ1n) is 6.85. The molecule has 4 nitrogen and oxygen atoms in total. The fourth-order valence-electron chi connectivity index (χ4n) is 2.89. The van der Waals surface area contributed by atoms with Gasteiger partial charge >= 0.3 is 0 Å². The molecule has 0 unspecified atom stereocenters. The van der Waals surface area contributed by atoms with Gasteiger partial charge in [-0.05, 0) is 44.1 Å². The van der Waals surface area contributed by atoms with Crippen LogP contribution in [0.3, 0.4) is 0 Å². The molecule has 1 aliphatic heterocycles. The summed E-state index contributed by atoms with van der Waals surface area (Å²) < 4.78 is 40.1. The van der Waals surface area contributed by atoms with Crippen molar-refractivity contribution in [1.82, 2.24) is 9.21 Å². The normalized spacial score (nSPS) is 24.5. The van der Waals surface area contributed by atoms with Crippen LogP contribution >= 0.6 is 11.6 Å². The molecule has 0 saturated carbocycles. The highest BCUT2D eigenvalue weighted by atomic mass is 35.5. The van der Waals surface area contributed by atoms with E-state index in [4.69, 9.17) is 11.6 Å². The van der Waals surface area contributed by atoms with Crippen LogP contribution in [0, 0.1) is 11.7 Å². The molecule has 0 spiro atoms. The maximum Gasteiger partial charge on any atom is 0.244 e. The molecule has 118 valence electrons. The van der Waals surface area contributed by atoms with Crippen LogP contribution in [0.2, 0.25) is 5.02 Å². The van der Waals surface area contributed by atoms with Gasteiger partial charge in [-0.3, -0.25) is 0 Å². The highest BCUT2D eigenvalue weighted by Gasteiger charge is 2.35. The molecule has 1 aromatic carbocycles. The van der Waals surface area contributed by atoms with Crippen LogP contribution in [0.15, 0.2) is 23.1 Å². The van der Waals surface area contributed by atoms with Gasteiger partial charge in [0.2, 0.25) is 10.0 Å². The quantitative estimate of drug-likeness (QED) is 0.852. The van der Waals surface area contributed by atoms with Gasteiger partial charge in [-0.1, -0.05) is 18.5 Å².